The minimum absolute atomic E-state index is 0.0860. The number of allylic oxidation sites excluding steroid dienone is 2. The lowest BCUT2D eigenvalue weighted by Crippen LogP contribution is -2.49. The van der Waals surface area contributed by atoms with Gasteiger partial charge in [-0.05, 0) is 34.1 Å². The van der Waals surface area contributed by atoms with Crippen molar-refractivity contribution in [2.24, 2.45) is 0 Å². The Balaban J connectivity index is 2.02. The number of aliphatic hydroxyl groups is 1. The van der Waals surface area contributed by atoms with Crippen LogP contribution in [0.15, 0.2) is 35.9 Å². The number of rotatable bonds is 7. The van der Waals surface area contributed by atoms with Crippen molar-refractivity contribution in [2.75, 3.05) is 0 Å². The van der Waals surface area contributed by atoms with E-state index in [0.29, 0.717) is 29.4 Å². The molecule has 0 saturated carbocycles. The van der Waals surface area contributed by atoms with E-state index in [-0.39, 0.29) is 12.2 Å². The first-order valence-electron chi connectivity index (χ1n) is 8.64. The highest BCUT2D eigenvalue weighted by Gasteiger charge is 2.35. The monoisotopic (exact) mass is 355 g/mol. The summed E-state index contributed by atoms with van der Waals surface area (Å²) in [7, 11) is 1.52. The van der Waals surface area contributed by atoms with Gasteiger partial charge >= 0.3 is 7.48 Å². The molecule has 1 aromatic carbocycles. The number of hydrogen-bond acceptors (Lipinski definition) is 5. The van der Waals surface area contributed by atoms with E-state index in [1.54, 1.807) is 58.0 Å². The first-order valence-corrected chi connectivity index (χ1v) is 8.64. The van der Waals surface area contributed by atoms with Gasteiger partial charge in [-0.3, -0.25) is 14.4 Å². The standard InChI is InChI=1S/C20H24BO5/c1-19(2,25)20(3,4)26-21-15-9-5-13(6-10-15)17(23)18(24)14-7-11-16(22)12-8-14/h5-7,9-10,25H,8,11-12H2,1-4H3. The minimum Gasteiger partial charge on any atom is -0.427 e. The summed E-state index contributed by atoms with van der Waals surface area (Å²) >= 11 is 0. The zero-order valence-electron chi connectivity index (χ0n) is 15.7. The second-order valence-electron chi connectivity index (χ2n) is 7.56. The Kier molecular flexibility index (Phi) is 5.99. The van der Waals surface area contributed by atoms with Crippen molar-refractivity contribution in [1.29, 1.82) is 0 Å². The molecule has 1 radical (unpaired) electrons. The van der Waals surface area contributed by atoms with Crippen LogP contribution < -0.4 is 5.46 Å². The minimum atomic E-state index is -1.03. The lowest BCUT2D eigenvalue weighted by molar-refractivity contribution is -0.118. The lowest BCUT2D eigenvalue weighted by Gasteiger charge is -2.37. The van der Waals surface area contributed by atoms with Crippen molar-refractivity contribution < 1.29 is 24.1 Å². The Bertz CT molecular complexity index is 738. The summed E-state index contributed by atoms with van der Waals surface area (Å²) in [4.78, 5) is 35.8. The smallest absolute Gasteiger partial charge is 0.330 e. The van der Waals surface area contributed by atoms with E-state index in [1.807, 2.05) is 0 Å². The number of hydrogen-bond donors (Lipinski definition) is 1. The van der Waals surface area contributed by atoms with Gasteiger partial charge in [0, 0.05) is 24.0 Å². The summed E-state index contributed by atoms with van der Waals surface area (Å²) in [5, 5.41) is 10.1. The van der Waals surface area contributed by atoms with Crippen LogP contribution in [0.1, 0.15) is 57.3 Å². The summed E-state index contributed by atoms with van der Waals surface area (Å²) in [6.07, 6.45) is 2.42. The van der Waals surface area contributed by atoms with Crippen LogP contribution in [-0.2, 0) is 14.2 Å². The first-order chi connectivity index (χ1) is 12.0. The molecule has 0 fully saturated rings. The van der Waals surface area contributed by atoms with E-state index in [9.17, 15) is 19.5 Å². The SMILES string of the molecule is CC(C)(O)C(C)(C)O[B]c1ccc(C(=O)C(=O)C2=CCC(=O)CC2)cc1. The Hall–Kier alpha value is -2.05. The number of ketones is 3. The summed E-state index contributed by atoms with van der Waals surface area (Å²) in [5.74, 6) is -1.04. The maximum absolute atomic E-state index is 12.3. The Morgan fingerprint density at radius 1 is 1.04 bits per heavy atom. The van der Waals surface area contributed by atoms with Crippen molar-refractivity contribution in [3.63, 3.8) is 0 Å². The molecule has 0 aromatic heterocycles. The number of Topliss-reactive ketones (excluding diaryl/α,β-unsaturated/α-hetero) is 3. The number of carbonyl (C=O) groups is 3. The highest BCUT2D eigenvalue weighted by Crippen LogP contribution is 2.24. The highest BCUT2D eigenvalue weighted by molar-refractivity contribution is 6.50. The van der Waals surface area contributed by atoms with Crippen LogP contribution in [0.25, 0.3) is 0 Å². The summed E-state index contributed by atoms with van der Waals surface area (Å²) < 4.78 is 5.67. The maximum Gasteiger partial charge on any atom is 0.330 e. The molecule has 0 aliphatic heterocycles. The van der Waals surface area contributed by atoms with Crippen molar-refractivity contribution in [3.8, 4) is 0 Å². The highest BCUT2D eigenvalue weighted by atomic mass is 16.5. The molecule has 0 saturated heterocycles. The van der Waals surface area contributed by atoms with Gasteiger partial charge < -0.3 is 9.76 Å². The molecule has 137 valence electrons. The molecule has 1 aromatic rings. The summed E-state index contributed by atoms with van der Waals surface area (Å²) in [6.45, 7) is 6.90. The average molecular weight is 355 g/mol. The van der Waals surface area contributed by atoms with E-state index < -0.39 is 22.8 Å². The van der Waals surface area contributed by atoms with Crippen LogP contribution >= 0.6 is 0 Å². The second kappa shape index (κ2) is 7.68. The number of carbonyl (C=O) groups excluding carboxylic acids is 3. The van der Waals surface area contributed by atoms with Crippen molar-refractivity contribution in [1.82, 2.24) is 0 Å². The third kappa shape index (κ3) is 4.77. The Morgan fingerprint density at radius 2 is 1.65 bits per heavy atom. The number of benzene rings is 1. The summed E-state index contributed by atoms with van der Waals surface area (Å²) in [6, 6.07) is 6.50. The molecule has 1 aliphatic carbocycles. The van der Waals surface area contributed by atoms with Gasteiger partial charge in [0.25, 0.3) is 0 Å². The molecule has 1 N–H and O–H groups in total. The fourth-order valence-corrected chi connectivity index (χ4v) is 2.27. The van der Waals surface area contributed by atoms with Crippen LogP contribution in [0.2, 0.25) is 0 Å². The van der Waals surface area contributed by atoms with Crippen molar-refractivity contribution in [2.45, 2.75) is 58.2 Å². The topological polar surface area (TPSA) is 80.7 Å². The zero-order chi connectivity index (χ0) is 19.5. The molecule has 1 aliphatic rings. The van der Waals surface area contributed by atoms with Crippen LogP contribution in [0.5, 0.6) is 0 Å². The normalized spacial score (nSPS) is 15.4. The van der Waals surface area contributed by atoms with Crippen molar-refractivity contribution >= 4 is 30.3 Å². The predicted octanol–water partition coefficient (Wildman–Crippen LogP) is 1.93. The van der Waals surface area contributed by atoms with Gasteiger partial charge in [0.05, 0.1) is 11.2 Å². The van der Waals surface area contributed by atoms with E-state index in [2.05, 4.69) is 0 Å². The van der Waals surface area contributed by atoms with Crippen LogP contribution in [-0.4, -0.2) is 41.1 Å². The van der Waals surface area contributed by atoms with Gasteiger partial charge in [0.15, 0.2) is 0 Å². The molecule has 2 rings (SSSR count). The molecule has 5 nitrogen and oxygen atoms in total. The third-order valence-corrected chi connectivity index (χ3v) is 4.88. The van der Waals surface area contributed by atoms with Gasteiger partial charge in [0.2, 0.25) is 11.6 Å². The fourth-order valence-electron chi connectivity index (χ4n) is 2.27. The van der Waals surface area contributed by atoms with E-state index in [4.69, 9.17) is 4.65 Å². The molecule has 0 spiro atoms. The molecule has 0 unspecified atom stereocenters. The molecular formula is C20H24BO5. The molecular weight excluding hydrogens is 331 g/mol. The maximum atomic E-state index is 12.3. The first kappa shape index (κ1) is 20.3. The predicted molar refractivity (Wildman–Crippen MR) is 99.6 cm³/mol. The van der Waals surface area contributed by atoms with Crippen LogP contribution in [0.4, 0.5) is 0 Å². The molecule has 0 heterocycles. The summed E-state index contributed by atoms with van der Waals surface area (Å²) in [5.41, 5.74) is -0.385. The Morgan fingerprint density at radius 3 is 2.15 bits per heavy atom. The van der Waals surface area contributed by atoms with Gasteiger partial charge in [0.1, 0.15) is 5.78 Å². The van der Waals surface area contributed by atoms with Crippen LogP contribution in [0.3, 0.4) is 0 Å². The molecule has 0 atom stereocenters. The molecule has 0 bridgehead atoms. The van der Waals surface area contributed by atoms with Crippen LogP contribution in [0, 0.1) is 0 Å². The van der Waals surface area contributed by atoms with Gasteiger partial charge in [-0.15, -0.1) is 0 Å². The second-order valence-corrected chi connectivity index (χ2v) is 7.56. The average Bonchev–Trinajstić information content (AvgIpc) is 2.59. The van der Waals surface area contributed by atoms with Gasteiger partial charge in [-0.1, -0.05) is 35.8 Å². The van der Waals surface area contributed by atoms with Gasteiger partial charge in [-0.2, -0.15) is 0 Å². The molecule has 6 heteroatoms. The zero-order valence-corrected chi connectivity index (χ0v) is 15.7. The fraction of sp³-hybridized carbons (Fsp3) is 0.450. The quantitative estimate of drug-likeness (QED) is 0.459. The van der Waals surface area contributed by atoms with Crippen molar-refractivity contribution in [3.05, 3.63) is 41.5 Å². The molecule has 26 heavy (non-hydrogen) atoms. The van der Waals surface area contributed by atoms with E-state index >= 15 is 0 Å². The Labute approximate surface area is 154 Å². The third-order valence-electron chi connectivity index (χ3n) is 4.88. The molecule has 0 amide bonds. The largest absolute Gasteiger partial charge is 0.427 e. The lowest BCUT2D eigenvalue weighted by atomic mass is 9.82. The van der Waals surface area contributed by atoms with E-state index in [0.717, 1.165) is 0 Å². The van der Waals surface area contributed by atoms with Gasteiger partial charge in [-0.25, -0.2) is 0 Å². The van der Waals surface area contributed by atoms with E-state index in [1.165, 1.54) is 7.48 Å².